The number of carbonyl (C=O) groups excluding carboxylic acids is 1. The Hall–Kier alpha value is -3.16. The second kappa shape index (κ2) is 7.91. The van der Waals surface area contributed by atoms with Crippen LogP contribution in [0.2, 0.25) is 0 Å². The average molecular weight is 331 g/mol. The molecule has 8 heteroatoms. The SMILES string of the molecule is CC(C)c1ccc(OCC(=O)NN=Cc2ccc([N+](=O)[O-])o2)cc1. The van der Waals surface area contributed by atoms with Gasteiger partial charge in [0.15, 0.2) is 12.4 Å². The van der Waals surface area contributed by atoms with E-state index in [1.165, 1.54) is 23.9 Å². The van der Waals surface area contributed by atoms with Crippen molar-refractivity contribution >= 4 is 18.0 Å². The minimum Gasteiger partial charge on any atom is -0.484 e. The third-order valence-corrected chi connectivity index (χ3v) is 3.09. The fraction of sp³-hybridized carbons (Fsp3) is 0.250. The Balaban J connectivity index is 1.78. The van der Waals surface area contributed by atoms with Gasteiger partial charge in [-0.15, -0.1) is 0 Å². The Morgan fingerprint density at radius 3 is 2.62 bits per heavy atom. The smallest absolute Gasteiger partial charge is 0.433 e. The van der Waals surface area contributed by atoms with Gasteiger partial charge in [0.25, 0.3) is 5.91 Å². The zero-order valence-corrected chi connectivity index (χ0v) is 13.3. The first-order chi connectivity index (χ1) is 11.5. The normalized spacial score (nSPS) is 11.0. The topological polar surface area (TPSA) is 107 Å². The van der Waals surface area contributed by atoms with E-state index >= 15 is 0 Å². The summed E-state index contributed by atoms with van der Waals surface area (Å²) in [6, 6.07) is 10.1. The number of nitrogens with one attached hydrogen (secondary N) is 1. The molecule has 0 spiro atoms. The predicted molar refractivity (Wildman–Crippen MR) is 87.1 cm³/mol. The first-order valence-electron chi connectivity index (χ1n) is 7.24. The summed E-state index contributed by atoms with van der Waals surface area (Å²) in [4.78, 5) is 21.4. The van der Waals surface area contributed by atoms with E-state index < -0.39 is 16.7 Å². The number of nitrogens with zero attached hydrogens (tertiary/aromatic N) is 2. The Morgan fingerprint density at radius 2 is 2.04 bits per heavy atom. The van der Waals surface area contributed by atoms with Crippen molar-refractivity contribution in [2.24, 2.45) is 5.10 Å². The van der Waals surface area contributed by atoms with Crippen LogP contribution in [-0.4, -0.2) is 23.7 Å². The van der Waals surface area contributed by atoms with Crippen LogP contribution in [0.4, 0.5) is 5.88 Å². The standard InChI is InChI=1S/C16H17N3O5/c1-11(2)12-3-5-13(6-4-12)23-10-15(20)18-17-9-14-7-8-16(24-14)19(21)22/h3-9,11H,10H2,1-2H3,(H,18,20). The lowest BCUT2D eigenvalue weighted by atomic mass is 10.0. The Morgan fingerprint density at radius 1 is 1.33 bits per heavy atom. The molecule has 126 valence electrons. The summed E-state index contributed by atoms with van der Waals surface area (Å²) in [6.07, 6.45) is 1.17. The van der Waals surface area contributed by atoms with Crippen LogP contribution in [0.1, 0.15) is 31.1 Å². The minimum absolute atomic E-state index is 0.159. The van der Waals surface area contributed by atoms with Crippen LogP contribution in [0.25, 0.3) is 0 Å². The number of carbonyl (C=O) groups is 1. The number of ether oxygens (including phenoxy) is 1. The summed E-state index contributed by atoms with van der Waals surface area (Å²) < 4.78 is 10.2. The van der Waals surface area contributed by atoms with E-state index in [1.54, 1.807) is 12.1 Å². The number of hydrazone groups is 1. The van der Waals surface area contributed by atoms with Crippen LogP contribution < -0.4 is 10.2 Å². The molecule has 0 saturated carbocycles. The zero-order valence-electron chi connectivity index (χ0n) is 13.3. The van der Waals surface area contributed by atoms with Gasteiger partial charge in [0.2, 0.25) is 0 Å². The molecule has 0 aliphatic carbocycles. The second-order valence-corrected chi connectivity index (χ2v) is 5.24. The molecule has 1 aromatic carbocycles. The quantitative estimate of drug-likeness (QED) is 0.477. The van der Waals surface area contributed by atoms with Crippen LogP contribution in [0.15, 0.2) is 45.9 Å². The molecule has 1 amide bonds. The lowest BCUT2D eigenvalue weighted by Gasteiger charge is -2.08. The molecule has 0 fully saturated rings. The molecule has 0 radical (unpaired) electrons. The predicted octanol–water partition coefficient (Wildman–Crippen LogP) is 2.84. The van der Waals surface area contributed by atoms with Crippen LogP contribution in [-0.2, 0) is 4.79 Å². The Kier molecular flexibility index (Phi) is 5.67. The van der Waals surface area contributed by atoms with Gasteiger partial charge in [-0.2, -0.15) is 5.10 Å². The van der Waals surface area contributed by atoms with Gasteiger partial charge in [0.1, 0.15) is 10.7 Å². The number of furan rings is 1. The number of rotatable bonds is 7. The van der Waals surface area contributed by atoms with E-state index in [1.807, 2.05) is 12.1 Å². The van der Waals surface area contributed by atoms with Crippen molar-refractivity contribution in [2.75, 3.05) is 6.61 Å². The summed E-state index contributed by atoms with van der Waals surface area (Å²) in [6.45, 7) is 3.99. The average Bonchev–Trinajstić information content (AvgIpc) is 3.02. The molecular formula is C16H17N3O5. The molecular weight excluding hydrogens is 314 g/mol. The molecule has 24 heavy (non-hydrogen) atoms. The molecule has 1 heterocycles. The van der Waals surface area contributed by atoms with Gasteiger partial charge >= 0.3 is 5.88 Å². The maximum Gasteiger partial charge on any atom is 0.433 e. The first-order valence-corrected chi connectivity index (χ1v) is 7.24. The fourth-order valence-corrected chi connectivity index (χ4v) is 1.81. The van der Waals surface area contributed by atoms with Crippen molar-refractivity contribution in [1.29, 1.82) is 0 Å². The lowest BCUT2D eigenvalue weighted by molar-refractivity contribution is -0.402. The third-order valence-electron chi connectivity index (χ3n) is 3.09. The van der Waals surface area contributed by atoms with Crippen molar-refractivity contribution in [1.82, 2.24) is 5.43 Å². The Bertz CT molecular complexity index is 734. The minimum atomic E-state index is -0.658. The zero-order chi connectivity index (χ0) is 17.5. The van der Waals surface area contributed by atoms with E-state index in [9.17, 15) is 14.9 Å². The largest absolute Gasteiger partial charge is 0.484 e. The number of nitro groups is 1. The summed E-state index contributed by atoms with van der Waals surface area (Å²) in [5.41, 5.74) is 3.43. The summed E-state index contributed by atoms with van der Waals surface area (Å²) in [5.74, 6) is 0.317. The van der Waals surface area contributed by atoms with Crippen molar-refractivity contribution in [3.63, 3.8) is 0 Å². The number of benzene rings is 1. The highest BCUT2D eigenvalue weighted by molar-refractivity contribution is 5.81. The molecule has 0 saturated heterocycles. The number of hydrogen-bond acceptors (Lipinski definition) is 6. The van der Waals surface area contributed by atoms with E-state index in [0.717, 1.165) is 0 Å². The molecule has 1 N–H and O–H groups in total. The van der Waals surface area contributed by atoms with Gasteiger partial charge in [-0.3, -0.25) is 14.9 Å². The van der Waals surface area contributed by atoms with Crippen LogP contribution in [0.5, 0.6) is 5.75 Å². The van der Waals surface area contributed by atoms with Gasteiger partial charge in [-0.25, -0.2) is 5.43 Å². The van der Waals surface area contributed by atoms with Gasteiger partial charge in [-0.1, -0.05) is 26.0 Å². The fourth-order valence-electron chi connectivity index (χ4n) is 1.81. The highest BCUT2D eigenvalue weighted by Gasteiger charge is 2.10. The maximum atomic E-state index is 11.6. The van der Waals surface area contributed by atoms with Crippen LogP contribution in [0.3, 0.4) is 0 Å². The summed E-state index contributed by atoms with van der Waals surface area (Å²) in [7, 11) is 0. The van der Waals surface area contributed by atoms with Crippen molar-refractivity contribution in [2.45, 2.75) is 19.8 Å². The van der Waals surface area contributed by atoms with E-state index in [4.69, 9.17) is 9.15 Å². The lowest BCUT2D eigenvalue weighted by Crippen LogP contribution is -2.24. The van der Waals surface area contributed by atoms with Crippen molar-refractivity contribution < 1.29 is 18.9 Å². The molecule has 1 aromatic heterocycles. The van der Waals surface area contributed by atoms with E-state index in [2.05, 4.69) is 24.4 Å². The van der Waals surface area contributed by atoms with Gasteiger partial charge < -0.3 is 9.15 Å². The summed E-state index contributed by atoms with van der Waals surface area (Å²) in [5, 5.41) is 14.1. The maximum absolute atomic E-state index is 11.6. The molecule has 2 aromatic rings. The molecule has 0 aliphatic rings. The van der Waals surface area contributed by atoms with Crippen molar-refractivity contribution in [3.05, 3.63) is 57.8 Å². The van der Waals surface area contributed by atoms with Gasteiger partial charge in [0.05, 0.1) is 12.3 Å². The highest BCUT2D eigenvalue weighted by Crippen LogP contribution is 2.18. The molecule has 0 bridgehead atoms. The van der Waals surface area contributed by atoms with Crippen LogP contribution >= 0.6 is 0 Å². The second-order valence-electron chi connectivity index (χ2n) is 5.24. The monoisotopic (exact) mass is 331 g/mol. The molecule has 2 rings (SSSR count). The first kappa shape index (κ1) is 17.2. The Labute approximate surface area is 138 Å². The number of hydrogen-bond donors (Lipinski definition) is 1. The van der Waals surface area contributed by atoms with Gasteiger partial charge in [-0.05, 0) is 29.7 Å². The molecule has 8 nitrogen and oxygen atoms in total. The molecule has 0 atom stereocenters. The van der Waals surface area contributed by atoms with Crippen molar-refractivity contribution in [3.8, 4) is 5.75 Å². The van der Waals surface area contributed by atoms with Gasteiger partial charge in [0, 0.05) is 0 Å². The van der Waals surface area contributed by atoms with E-state index in [-0.39, 0.29) is 12.4 Å². The summed E-state index contributed by atoms with van der Waals surface area (Å²) >= 11 is 0. The number of amides is 1. The third kappa shape index (κ3) is 4.94. The van der Waals surface area contributed by atoms with Crippen LogP contribution in [0, 0.1) is 10.1 Å². The highest BCUT2D eigenvalue weighted by atomic mass is 16.6. The molecule has 0 aliphatic heterocycles. The van der Waals surface area contributed by atoms with E-state index in [0.29, 0.717) is 11.7 Å². The molecule has 0 unspecified atom stereocenters.